The fourth-order valence-corrected chi connectivity index (χ4v) is 8.27. The molecule has 0 bridgehead atoms. The van der Waals surface area contributed by atoms with Crippen LogP contribution in [0.5, 0.6) is 0 Å². The lowest BCUT2D eigenvalue weighted by molar-refractivity contribution is -0.671. The number of hydrogen-bond donors (Lipinski definition) is 0. The molecule has 12 rings (SSSR count). The van der Waals surface area contributed by atoms with Gasteiger partial charge in [0.1, 0.15) is 149 Å². The molecule has 0 aliphatic carbocycles. The van der Waals surface area contributed by atoms with Crippen molar-refractivity contribution in [1.29, 1.82) is 0 Å². The summed E-state index contributed by atoms with van der Waals surface area (Å²) in [6.07, 6.45) is 73.7. The monoisotopic (exact) mass is 1820 g/mol. The number of hydrogen-bond acceptors (Lipinski definition) is 12. The minimum absolute atomic E-state index is 1.06. The molecule has 0 spiro atoms. The van der Waals surface area contributed by atoms with E-state index in [4.69, 9.17) is 58.7 Å². The van der Waals surface area contributed by atoms with Gasteiger partial charge in [0, 0.05) is 0 Å². The quantitative estimate of drug-likeness (QED) is 0.0691. The lowest BCUT2D eigenvalue weighted by Gasteiger charge is -2.14. The zero-order valence-corrected chi connectivity index (χ0v) is 79.2. The molecule has 684 valence electrons. The predicted molar refractivity (Wildman–Crippen MR) is 424 cm³/mol. The van der Waals surface area contributed by atoms with Crippen LogP contribution in [0.2, 0.25) is 0 Å². The summed E-state index contributed by atoms with van der Waals surface area (Å²) in [5.41, 5.74) is 0. The Hall–Kier alpha value is -7.80. The maximum absolute atomic E-state index is 9.95. The van der Waals surface area contributed by atoms with Gasteiger partial charge in [0.15, 0.2) is 0 Å². The molecular weight excluding hydrogens is 1690 g/mol. The van der Waals surface area contributed by atoms with Crippen LogP contribution in [0.3, 0.4) is 0 Å². The van der Waals surface area contributed by atoms with Crippen molar-refractivity contribution in [3.8, 4) is 0 Å². The molecular formula is C72H132F6N24O12P6. The van der Waals surface area contributed by atoms with Crippen molar-refractivity contribution in [2.75, 3.05) is 0 Å². The van der Waals surface area contributed by atoms with Crippen LogP contribution >= 0.6 is 52.1 Å². The third kappa shape index (κ3) is 85.2. The van der Waals surface area contributed by atoms with E-state index in [0.29, 0.717) is 0 Å². The summed E-state index contributed by atoms with van der Waals surface area (Å²) >= 11 is 0. The number of nitrogens with zero attached hydrogens (tertiary/aromatic N) is 24. The van der Waals surface area contributed by atoms with Gasteiger partial charge in [-0.15, -0.1) is 52.1 Å². The van der Waals surface area contributed by atoms with Crippen molar-refractivity contribution in [2.24, 2.45) is 84.6 Å². The van der Waals surface area contributed by atoms with Crippen LogP contribution in [0.15, 0.2) is 225 Å². The molecule has 12 heterocycles. The molecule has 48 heteroatoms. The van der Waals surface area contributed by atoms with Gasteiger partial charge in [-0.3, -0.25) is 25.2 Å². The highest BCUT2D eigenvalue weighted by atomic mass is 31.2. The van der Waals surface area contributed by atoms with Gasteiger partial charge in [0.25, 0.3) is 0 Å². The third-order valence-corrected chi connectivity index (χ3v) is 14.3. The molecule has 0 N–H and O–H groups in total. The van der Waals surface area contributed by atoms with Gasteiger partial charge in [-0.05, 0) is 83.1 Å². The zero-order chi connectivity index (χ0) is 93.3. The normalized spacial score (nSPS) is 9.60. The Morgan fingerprint density at radius 3 is 0.225 bits per heavy atom. The molecule has 0 radical (unpaired) electrons. The molecule has 0 atom stereocenters. The van der Waals surface area contributed by atoms with Crippen molar-refractivity contribution in [3.05, 3.63) is 225 Å². The highest BCUT2D eigenvalue weighted by Gasteiger charge is 2.00. The molecule has 0 fully saturated rings. The predicted octanol–water partition coefficient (Wildman–Crippen LogP) is -2.59. The molecule has 0 aliphatic heterocycles. The number of rotatable bonds is 12. The van der Waals surface area contributed by atoms with E-state index in [-0.39, 0.29) is 0 Å². The Morgan fingerprint density at radius 1 is 0.158 bits per heavy atom. The van der Waals surface area contributed by atoms with Crippen molar-refractivity contribution >= 4 is 52.1 Å². The number of halogens is 6. The first-order valence-electron chi connectivity index (χ1n) is 37.2. The van der Waals surface area contributed by atoms with Gasteiger partial charge >= 0.3 is 0 Å². The Balaban J connectivity index is -0.000000289. The Bertz CT molecular complexity index is 3250. The second-order valence-electron chi connectivity index (χ2n) is 24.2. The topological polar surface area (TPSA) is 382 Å². The van der Waals surface area contributed by atoms with Crippen molar-refractivity contribution in [3.63, 3.8) is 0 Å². The molecule has 120 heavy (non-hydrogen) atoms. The summed E-state index contributed by atoms with van der Waals surface area (Å²) in [6.45, 7) is 38.2. The first kappa shape index (κ1) is 123. The van der Waals surface area contributed by atoms with Crippen LogP contribution in [-0.2, 0) is 163 Å². The Morgan fingerprint density at radius 2 is 0.208 bits per heavy atom. The van der Waals surface area contributed by atoms with Gasteiger partial charge in [0.05, 0.1) is 163 Å². The van der Waals surface area contributed by atoms with Crippen molar-refractivity contribution < 1.29 is 139 Å². The molecule has 0 saturated carbocycles. The molecule has 0 saturated heterocycles. The van der Waals surface area contributed by atoms with E-state index < -0.39 is 52.1 Å². The maximum Gasteiger partial charge on any atom is 0.243 e. The second-order valence-corrected chi connectivity index (χ2v) is 26.7. The van der Waals surface area contributed by atoms with Crippen LogP contribution in [0.4, 0.5) is 25.2 Å². The lowest BCUT2D eigenvalue weighted by atomic mass is 10.7. The maximum atomic E-state index is 9.95. The van der Waals surface area contributed by atoms with Crippen LogP contribution < -0.4 is 114 Å². The summed E-state index contributed by atoms with van der Waals surface area (Å²) in [5.74, 6) is 0. The van der Waals surface area contributed by atoms with Crippen molar-refractivity contribution in [2.45, 2.75) is 162 Å². The fraction of sp³-hybridized carbons (Fsp3) is 0.500. The minimum atomic E-state index is -3.62. The average Bonchev–Trinajstić information content (AvgIpc) is 1.94. The first-order valence-corrected chi connectivity index (χ1v) is 43.7. The molecule has 0 unspecified atom stereocenters. The van der Waals surface area contributed by atoms with Gasteiger partial charge in [-0.25, -0.2) is 110 Å². The fourth-order valence-electron chi connectivity index (χ4n) is 8.27. The summed E-state index contributed by atoms with van der Waals surface area (Å²) in [6, 6.07) is 0. The largest absolute Gasteiger partial charge is 0.816 e. The van der Waals surface area contributed by atoms with E-state index in [1.165, 1.54) is 0 Å². The van der Waals surface area contributed by atoms with E-state index >= 15 is 0 Å². The van der Waals surface area contributed by atoms with Gasteiger partial charge in [-0.1, -0.05) is 0 Å². The first-order chi connectivity index (χ1) is 56.3. The van der Waals surface area contributed by atoms with Gasteiger partial charge in [-0.2, -0.15) is 0 Å². The van der Waals surface area contributed by atoms with Crippen LogP contribution in [0.25, 0.3) is 0 Å². The number of imidazole rings is 12. The van der Waals surface area contributed by atoms with Crippen LogP contribution in [-0.4, -0.2) is 54.8 Å². The van der Waals surface area contributed by atoms with Crippen LogP contribution in [0, 0.1) is 0 Å². The van der Waals surface area contributed by atoms with E-state index in [1.807, 2.05) is 214 Å². The standard InChI is InChI=1S/12C6H11N2.6FO2P/c12*1-3-8-5-4-7(2)6-8;6*1-4(2)3/h12*4-6H,3H2,1-2H3;;;;;;/q12*+1;6*-2. The average molecular weight is 1830 g/mol. The highest BCUT2D eigenvalue weighted by Crippen LogP contribution is 2.10. The molecule has 0 aliphatic rings. The summed E-state index contributed by atoms with van der Waals surface area (Å²) in [4.78, 5) is 100. The smallest absolute Gasteiger partial charge is 0.243 e. The molecule has 12 aromatic heterocycles. The number of aryl methyl sites for hydroxylation is 24. The van der Waals surface area contributed by atoms with Crippen molar-refractivity contribution in [1.82, 2.24) is 54.8 Å². The summed E-state index contributed by atoms with van der Waals surface area (Å²) < 4.78 is 110. The Kier molecular flexibility index (Phi) is 81.7. The third-order valence-electron chi connectivity index (χ3n) is 14.3. The van der Waals surface area contributed by atoms with Gasteiger partial charge in [0.2, 0.25) is 75.9 Å². The second kappa shape index (κ2) is 79.7. The van der Waals surface area contributed by atoms with E-state index in [1.54, 1.807) is 0 Å². The molecule has 0 amide bonds. The van der Waals surface area contributed by atoms with Gasteiger partial charge < -0.3 is 58.7 Å². The highest BCUT2D eigenvalue weighted by molar-refractivity contribution is 7.36. The molecule has 12 aromatic rings. The minimum Gasteiger partial charge on any atom is -0.816 e. The summed E-state index contributed by atoms with van der Waals surface area (Å²) in [5, 5.41) is 0. The van der Waals surface area contributed by atoms with E-state index in [0.717, 1.165) is 78.5 Å². The number of aromatic nitrogens is 24. The molecule has 0 aromatic carbocycles. The Labute approximate surface area is 713 Å². The molecule has 36 nitrogen and oxygen atoms in total. The summed E-state index contributed by atoms with van der Waals surface area (Å²) in [7, 11) is 2.52. The van der Waals surface area contributed by atoms with E-state index in [2.05, 4.69) is 288 Å². The van der Waals surface area contributed by atoms with E-state index in [9.17, 15) is 25.2 Å². The SMILES string of the molecule is CCn1cc[n+](C)c1.CCn1cc[n+](C)c1.CCn1cc[n+](C)c1.CCn1cc[n+](C)c1.CCn1cc[n+](C)c1.CCn1cc[n+](C)c1.CCn1cc[n+](C)c1.CCn1cc[n+](C)c1.CCn1cc[n+](C)c1.CCn1cc[n+](C)c1.CCn1cc[n+](C)c1.CCn1cc[n+](C)c1.[O-]P([O-])F.[O-]P([O-])F.[O-]P([O-])F.[O-]P([O-])F.[O-]P([O-])F.[O-]P([O-])F. The lowest BCUT2D eigenvalue weighted by Crippen LogP contribution is -2.23. The van der Waals surface area contributed by atoms with Crippen LogP contribution in [0.1, 0.15) is 83.1 Å². The zero-order valence-electron chi connectivity index (χ0n) is 73.9.